The number of unbranched alkanes of at least 4 members (excludes halogenated alkanes) is 10. The third-order valence-corrected chi connectivity index (χ3v) is 5.19. The number of hydrogen-bond donors (Lipinski definition) is 0. The van der Waals surface area contributed by atoms with Gasteiger partial charge < -0.3 is 14.1 Å². The van der Waals surface area contributed by atoms with Crippen LogP contribution in [0.5, 0.6) is 0 Å². The molecule has 0 radical (unpaired) electrons. The number of methoxy groups -OCH3 is 1. The highest BCUT2D eigenvalue weighted by atomic mass is 16.5. The fourth-order valence-corrected chi connectivity index (χ4v) is 3.25. The van der Waals surface area contributed by atoms with Gasteiger partial charge in [-0.1, -0.05) is 52.4 Å². The molecule has 0 saturated heterocycles. The standard InChI is InChI=1S/C16H36N.C8H19NO/c1-5-7-9-11-13-15-17(3,4)16-14-12-10-8-6-2;1-9(2)7-5-4-6-8-10-3/h5-16H2,1-4H3;4-8H2,1-3H3/q+1;. The zero-order chi connectivity index (χ0) is 20.8. The van der Waals surface area contributed by atoms with E-state index in [1.54, 1.807) is 7.11 Å². The van der Waals surface area contributed by atoms with E-state index in [0.717, 1.165) is 6.61 Å². The lowest BCUT2D eigenvalue weighted by molar-refractivity contribution is -0.890. The molecule has 0 amide bonds. The topological polar surface area (TPSA) is 12.5 Å². The molecule has 0 heterocycles. The number of quaternary nitrogens is 1. The lowest BCUT2D eigenvalue weighted by Gasteiger charge is -2.30. The molecule has 0 unspecified atom stereocenters. The fraction of sp³-hybridized carbons (Fsp3) is 1.00. The van der Waals surface area contributed by atoms with Crippen LogP contribution in [0.2, 0.25) is 0 Å². The van der Waals surface area contributed by atoms with Crippen molar-refractivity contribution in [1.29, 1.82) is 0 Å². The van der Waals surface area contributed by atoms with Crippen molar-refractivity contribution in [1.82, 2.24) is 4.90 Å². The SMILES string of the molecule is CCCCCCC[N+](C)(C)CCCCCCC.COCCCCCN(C)C. The molecule has 3 nitrogen and oxygen atoms in total. The van der Waals surface area contributed by atoms with E-state index >= 15 is 0 Å². The maximum absolute atomic E-state index is 4.94. The summed E-state index contributed by atoms with van der Waals surface area (Å²) in [6.07, 6.45) is 17.9. The fourth-order valence-electron chi connectivity index (χ4n) is 3.25. The Morgan fingerprint density at radius 1 is 0.630 bits per heavy atom. The van der Waals surface area contributed by atoms with Gasteiger partial charge in [0.05, 0.1) is 27.2 Å². The summed E-state index contributed by atoms with van der Waals surface area (Å²) < 4.78 is 6.17. The Morgan fingerprint density at radius 2 is 1.07 bits per heavy atom. The molecule has 0 aliphatic rings. The second kappa shape index (κ2) is 22.2. The van der Waals surface area contributed by atoms with E-state index in [9.17, 15) is 0 Å². The minimum absolute atomic E-state index is 0.910. The van der Waals surface area contributed by atoms with Gasteiger partial charge in [0.15, 0.2) is 0 Å². The van der Waals surface area contributed by atoms with Gasteiger partial charge in [0.25, 0.3) is 0 Å². The molecule has 0 spiro atoms. The molecular formula is C24H55N2O+. The minimum atomic E-state index is 0.910. The average Bonchev–Trinajstić information content (AvgIpc) is 2.61. The highest BCUT2D eigenvalue weighted by molar-refractivity contribution is 4.46. The van der Waals surface area contributed by atoms with E-state index in [2.05, 4.69) is 46.9 Å². The Labute approximate surface area is 173 Å². The van der Waals surface area contributed by atoms with Gasteiger partial charge in [0, 0.05) is 13.7 Å². The Morgan fingerprint density at radius 3 is 1.48 bits per heavy atom. The van der Waals surface area contributed by atoms with Crippen LogP contribution in [0, 0.1) is 0 Å². The van der Waals surface area contributed by atoms with E-state index in [-0.39, 0.29) is 0 Å². The van der Waals surface area contributed by atoms with Crippen LogP contribution in [-0.2, 0) is 4.74 Å². The van der Waals surface area contributed by atoms with Crippen molar-refractivity contribution in [3.05, 3.63) is 0 Å². The van der Waals surface area contributed by atoms with Crippen LogP contribution in [0.25, 0.3) is 0 Å². The maximum atomic E-state index is 4.94. The first-order valence-corrected chi connectivity index (χ1v) is 11.8. The van der Waals surface area contributed by atoms with E-state index in [1.165, 1.54) is 108 Å². The zero-order valence-electron chi connectivity index (χ0n) is 20.3. The van der Waals surface area contributed by atoms with Gasteiger partial charge in [-0.15, -0.1) is 0 Å². The summed E-state index contributed by atoms with van der Waals surface area (Å²) in [6, 6.07) is 0. The van der Waals surface area contributed by atoms with Crippen LogP contribution in [-0.4, -0.2) is 70.9 Å². The number of ether oxygens (including phenoxy) is 1. The molecule has 27 heavy (non-hydrogen) atoms. The van der Waals surface area contributed by atoms with Crippen molar-refractivity contribution in [3.8, 4) is 0 Å². The van der Waals surface area contributed by atoms with Crippen LogP contribution in [0.15, 0.2) is 0 Å². The summed E-state index contributed by atoms with van der Waals surface area (Å²) in [5.74, 6) is 0. The lowest BCUT2D eigenvalue weighted by atomic mass is 10.1. The number of hydrogen-bond acceptors (Lipinski definition) is 2. The monoisotopic (exact) mass is 387 g/mol. The summed E-state index contributed by atoms with van der Waals surface area (Å²) in [5, 5.41) is 0. The van der Waals surface area contributed by atoms with E-state index in [0.29, 0.717) is 0 Å². The van der Waals surface area contributed by atoms with Crippen molar-refractivity contribution >= 4 is 0 Å². The van der Waals surface area contributed by atoms with Gasteiger partial charge in [-0.05, 0) is 65.6 Å². The summed E-state index contributed by atoms with van der Waals surface area (Å²) in [5.41, 5.74) is 0. The molecule has 0 saturated carbocycles. The molecule has 0 bridgehead atoms. The van der Waals surface area contributed by atoms with Gasteiger partial charge in [0.1, 0.15) is 0 Å². The zero-order valence-corrected chi connectivity index (χ0v) is 20.3. The summed E-state index contributed by atoms with van der Waals surface area (Å²) >= 11 is 0. The van der Waals surface area contributed by atoms with Crippen LogP contribution in [0.1, 0.15) is 97.3 Å². The predicted molar refractivity (Wildman–Crippen MR) is 124 cm³/mol. The van der Waals surface area contributed by atoms with E-state index in [4.69, 9.17) is 4.74 Å². The van der Waals surface area contributed by atoms with Crippen molar-refractivity contribution in [3.63, 3.8) is 0 Å². The molecule has 166 valence electrons. The molecule has 0 aliphatic carbocycles. The average molecular weight is 388 g/mol. The van der Waals surface area contributed by atoms with Crippen LogP contribution >= 0.6 is 0 Å². The van der Waals surface area contributed by atoms with Crippen LogP contribution in [0.3, 0.4) is 0 Å². The van der Waals surface area contributed by atoms with Gasteiger partial charge >= 0.3 is 0 Å². The Balaban J connectivity index is 0. The molecule has 0 aromatic heterocycles. The first kappa shape index (κ1) is 29.1. The minimum Gasteiger partial charge on any atom is -0.385 e. The van der Waals surface area contributed by atoms with Gasteiger partial charge in [0.2, 0.25) is 0 Å². The first-order valence-electron chi connectivity index (χ1n) is 11.8. The summed E-state index contributed by atoms with van der Waals surface area (Å²) in [6.45, 7) is 9.43. The number of nitrogens with zero attached hydrogens (tertiary/aromatic N) is 2. The molecule has 0 rings (SSSR count). The van der Waals surface area contributed by atoms with Crippen LogP contribution < -0.4 is 0 Å². The Bertz CT molecular complexity index is 251. The Hall–Kier alpha value is -0.120. The van der Waals surface area contributed by atoms with Gasteiger partial charge in [-0.3, -0.25) is 0 Å². The highest BCUT2D eigenvalue weighted by Gasteiger charge is 2.13. The first-order chi connectivity index (χ1) is 12.9. The molecule has 0 aromatic carbocycles. The third-order valence-electron chi connectivity index (χ3n) is 5.19. The van der Waals surface area contributed by atoms with Crippen LogP contribution in [0.4, 0.5) is 0 Å². The van der Waals surface area contributed by atoms with Crippen molar-refractivity contribution < 1.29 is 9.22 Å². The predicted octanol–water partition coefficient (Wildman–Crippen LogP) is 6.37. The lowest BCUT2D eigenvalue weighted by Crippen LogP contribution is -2.41. The molecular weight excluding hydrogens is 332 g/mol. The molecule has 0 aliphatic heterocycles. The van der Waals surface area contributed by atoms with E-state index in [1.807, 2.05) is 0 Å². The van der Waals surface area contributed by atoms with Crippen molar-refractivity contribution in [2.45, 2.75) is 97.3 Å². The van der Waals surface area contributed by atoms with Crippen molar-refractivity contribution in [2.24, 2.45) is 0 Å². The van der Waals surface area contributed by atoms with Gasteiger partial charge in [-0.25, -0.2) is 0 Å². The van der Waals surface area contributed by atoms with E-state index < -0.39 is 0 Å². The second-order valence-electron chi connectivity index (χ2n) is 9.07. The quantitative estimate of drug-likeness (QED) is 0.200. The normalized spacial score (nSPS) is 11.6. The smallest absolute Gasteiger partial charge is 0.0782 e. The molecule has 0 N–H and O–H groups in total. The largest absolute Gasteiger partial charge is 0.385 e. The molecule has 0 atom stereocenters. The molecule has 0 fully saturated rings. The third kappa shape index (κ3) is 28.2. The maximum Gasteiger partial charge on any atom is 0.0782 e. The number of rotatable bonds is 18. The Kier molecular flexibility index (Phi) is 23.9. The second-order valence-corrected chi connectivity index (χ2v) is 9.07. The molecule has 3 heteroatoms. The summed E-state index contributed by atoms with van der Waals surface area (Å²) in [4.78, 5) is 2.22. The molecule has 0 aromatic rings. The van der Waals surface area contributed by atoms with Gasteiger partial charge in [-0.2, -0.15) is 0 Å². The van der Waals surface area contributed by atoms with Crippen molar-refractivity contribution in [2.75, 3.05) is 61.5 Å². The summed E-state index contributed by atoms with van der Waals surface area (Å²) in [7, 11) is 10.8. The highest BCUT2D eigenvalue weighted by Crippen LogP contribution is 2.10.